The van der Waals surface area contributed by atoms with Gasteiger partial charge in [0.15, 0.2) is 0 Å². The van der Waals surface area contributed by atoms with Crippen molar-refractivity contribution in [1.29, 1.82) is 0 Å². The Morgan fingerprint density at radius 2 is 2.26 bits per heavy atom. The third kappa shape index (κ3) is 3.64. The van der Waals surface area contributed by atoms with Gasteiger partial charge < -0.3 is 15.4 Å². The second kappa shape index (κ2) is 6.47. The van der Waals surface area contributed by atoms with E-state index in [1.54, 1.807) is 7.05 Å². The molecule has 0 aliphatic carbocycles. The summed E-state index contributed by atoms with van der Waals surface area (Å²) in [6.45, 7) is 2.06. The van der Waals surface area contributed by atoms with Crippen molar-refractivity contribution in [2.24, 2.45) is 5.92 Å². The minimum absolute atomic E-state index is 0.231. The van der Waals surface area contributed by atoms with Crippen molar-refractivity contribution in [2.75, 3.05) is 32.1 Å². The van der Waals surface area contributed by atoms with Gasteiger partial charge in [-0.15, -0.1) is 0 Å². The first kappa shape index (κ1) is 13.7. The highest BCUT2D eigenvalue weighted by molar-refractivity contribution is 5.98. The van der Waals surface area contributed by atoms with E-state index in [1.165, 1.54) is 6.07 Å². The lowest BCUT2D eigenvalue weighted by atomic mass is 10.0. The molecule has 1 amide bonds. The number of amides is 1. The average molecular weight is 267 g/mol. The Kier molecular flexibility index (Phi) is 4.68. The molecular weight excluding hydrogens is 249 g/mol. The number of carbonyl (C=O) groups excluding carboxylic acids is 1. The molecule has 1 saturated heterocycles. The maximum Gasteiger partial charge on any atom is 0.255 e. The molecule has 1 aromatic rings. The summed E-state index contributed by atoms with van der Waals surface area (Å²) in [4.78, 5) is 15.9. The number of anilines is 1. The summed E-state index contributed by atoms with van der Waals surface area (Å²) in [5.74, 6) is -0.0128. The van der Waals surface area contributed by atoms with Crippen molar-refractivity contribution in [1.82, 2.24) is 10.3 Å². The number of aromatic nitrogens is 1. The van der Waals surface area contributed by atoms with Gasteiger partial charge in [-0.05, 0) is 24.8 Å². The number of rotatable bonds is 4. The topological polar surface area (TPSA) is 63.2 Å². The molecule has 1 aromatic heterocycles. The number of pyridine rings is 1. The minimum atomic E-state index is -0.518. The number of ether oxygens (including phenoxy) is 1. The van der Waals surface area contributed by atoms with Crippen LogP contribution in [-0.2, 0) is 4.74 Å². The highest BCUT2D eigenvalue weighted by atomic mass is 19.1. The van der Waals surface area contributed by atoms with E-state index in [1.807, 2.05) is 0 Å². The summed E-state index contributed by atoms with van der Waals surface area (Å²) in [7, 11) is 1.65. The van der Waals surface area contributed by atoms with Gasteiger partial charge in [0.05, 0.1) is 11.8 Å². The Morgan fingerprint density at radius 1 is 1.53 bits per heavy atom. The lowest BCUT2D eigenvalue weighted by Crippen LogP contribution is -2.32. The fraction of sp³-hybridized carbons (Fsp3) is 0.538. The van der Waals surface area contributed by atoms with Gasteiger partial charge in [-0.25, -0.2) is 9.37 Å². The monoisotopic (exact) mass is 267 g/mol. The largest absolute Gasteiger partial charge is 0.381 e. The smallest absolute Gasteiger partial charge is 0.255 e. The van der Waals surface area contributed by atoms with Crippen LogP contribution in [0.2, 0.25) is 0 Å². The highest BCUT2D eigenvalue weighted by Gasteiger charge is 2.17. The summed E-state index contributed by atoms with van der Waals surface area (Å²) in [6, 6.07) is 1.19. The molecule has 0 saturated carbocycles. The van der Waals surface area contributed by atoms with Crippen molar-refractivity contribution in [3.63, 3.8) is 0 Å². The van der Waals surface area contributed by atoms with Crippen LogP contribution >= 0.6 is 0 Å². The van der Waals surface area contributed by atoms with E-state index in [2.05, 4.69) is 15.6 Å². The van der Waals surface area contributed by atoms with Crippen molar-refractivity contribution in [2.45, 2.75) is 12.8 Å². The molecule has 0 spiro atoms. The second-order valence-electron chi connectivity index (χ2n) is 4.57. The second-order valence-corrected chi connectivity index (χ2v) is 4.57. The van der Waals surface area contributed by atoms with Crippen molar-refractivity contribution >= 4 is 11.7 Å². The van der Waals surface area contributed by atoms with Gasteiger partial charge in [0, 0.05) is 26.8 Å². The maximum absolute atomic E-state index is 13.2. The van der Waals surface area contributed by atoms with Crippen LogP contribution in [0.25, 0.3) is 0 Å². The Bertz CT molecular complexity index is 448. The molecule has 0 aromatic carbocycles. The minimum Gasteiger partial charge on any atom is -0.381 e. The molecule has 6 heteroatoms. The first-order chi connectivity index (χ1) is 9.20. The van der Waals surface area contributed by atoms with Gasteiger partial charge in [-0.2, -0.15) is 0 Å². The predicted octanol–water partition coefficient (Wildman–Crippen LogP) is 1.42. The SMILES string of the molecule is CNc1ncc(F)cc1C(=O)NCC1CCOCC1. The van der Waals surface area contributed by atoms with Crippen molar-refractivity contribution in [3.05, 3.63) is 23.6 Å². The molecule has 104 valence electrons. The summed E-state index contributed by atoms with van der Waals surface area (Å²) in [5, 5.41) is 5.61. The molecule has 0 atom stereocenters. The molecule has 1 aliphatic rings. The summed E-state index contributed by atoms with van der Waals surface area (Å²) < 4.78 is 18.4. The van der Waals surface area contributed by atoms with Gasteiger partial charge in [0.2, 0.25) is 0 Å². The Balaban J connectivity index is 1.97. The van der Waals surface area contributed by atoms with E-state index in [4.69, 9.17) is 4.74 Å². The number of halogens is 1. The van der Waals surface area contributed by atoms with Gasteiger partial charge >= 0.3 is 0 Å². The Labute approximate surface area is 111 Å². The zero-order valence-electron chi connectivity index (χ0n) is 10.9. The lowest BCUT2D eigenvalue weighted by molar-refractivity contribution is 0.0642. The third-order valence-corrected chi connectivity index (χ3v) is 3.23. The third-order valence-electron chi connectivity index (χ3n) is 3.23. The number of hydrogen-bond donors (Lipinski definition) is 2. The van der Waals surface area contributed by atoms with Crippen LogP contribution in [0.3, 0.4) is 0 Å². The molecular formula is C13H18FN3O2. The first-order valence-electron chi connectivity index (χ1n) is 6.40. The van der Waals surface area contributed by atoms with Gasteiger partial charge in [-0.3, -0.25) is 4.79 Å². The molecule has 0 unspecified atom stereocenters. The molecule has 0 radical (unpaired) electrons. The van der Waals surface area contributed by atoms with Gasteiger partial charge in [-0.1, -0.05) is 0 Å². The van der Waals surface area contributed by atoms with Gasteiger partial charge in [0.1, 0.15) is 11.6 Å². The van der Waals surface area contributed by atoms with E-state index in [0.717, 1.165) is 32.3 Å². The van der Waals surface area contributed by atoms with Crippen LogP contribution in [0.15, 0.2) is 12.3 Å². The molecule has 1 fully saturated rings. The van der Waals surface area contributed by atoms with E-state index in [9.17, 15) is 9.18 Å². The fourth-order valence-corrected chi connectivity index (χ4v) is 2.09. The molecule has 0 bridgehead atoms. The zero-order chi connectivity index (χ0) is 13.7. The number of nitrogens with zero attached hydrogens (tertiary/aromatic N) is 1. The molecule has 1 aliphatic heterocycles. The van der Waals surface area contributed by atoms with Gasteiger partial charge in [0.25, 0.3) is 5.91 Å². The van der Waals surface area contributed by atoms with Crippen LogP contribution in [0.5, 0.6) is 0 Å². The summed E-state index contributed by atoms with van der Waals surface area (Å²) >= 11 is 0. The quantitative estimate of drug-likeness (QED) is 0.866. The van der Waals surface area contributed by atoms with E-state index in [-0.39, 0.29) is 11.5 Å². The summed E-state index contributed by atoms with van der Waals surface area (Å²) in [6.07, 6.45) is 2.97. The van der Waals surface area contributed by atoms with E-state index < -0.39 is 5.82 Å². The molecule has 19 heavy (non-hydrogen) atoms. The normalized spacial score (nSPS) is 16.1. The van der Waals surface area contributed by atoms with Crippen molar-refractivity contribution in [3.8, 4) is 0 Å². The first-order valence-corrected chi connectivity index (χ1v) is 6.40. The van der Waals surface area contributed by atoms with Crippen LogP contribution in [0.4, 0.5) is 10.2 Å². The number of hydrogen-bond acceptors (Lipinski definition) is 4. The molecule has 2 heterocycles. The lowest BCUT2D eigenvalue weighted by Gasteiger charge is -2.22. The van der Waals surface area contributed by atoms with Crippen LogP contribution in [0, 0.1) is 11.7 Å². The Hall–Kier alpha value is -1.69. The molecule has 5 nitrogen and oxygen atoms in total. The van der Waals surface area contributed by atoms with Crippen LogP contribution in [-0.4, -0.2) is 37.7 Å². The molecule has 2 rings (SSSR count). The zero-order valence-corrected chi connectivity index (χ0v) is 10.9. The number of nitrogens with one attached hydrogen (secondary N) is 2. The predicted molar refractivity (Wildman–Crippen MR) is 69.6 cm³/mol. The number of carbonyl (C=O) groups is 1. The Morgan fingerprint density at radius 3 is 2.95 bits per heavy atom. The summed E-state index contributed by atoms with van der Waals surface area (Å²) in [5.41, 5.74) is 0.231. The molecule has 2 N–H and O–H groups in total. The van der Waals surface area contributed by atoms with Crippen molar-refractivity contribution < 1.29 is 13.9 Å². The van der Waals surface area contributed by atoms with Crippen LogP contribution < -0.4 is 10.6 Å². The standard InChI is InChI=1S/C13H18FN3O2/c1-15-12-11(6-10(14)8-16-12)13(18)17-7-9-2-4-19-5-3-9/h6,8-9H,2-5,7H2,1H3,(H,15,16)(H,17,18). The fourth-order valence-electron chi connectivity index (χ4n) is 2.09. The average Bonchev–Trinajstić information content (AvgIpc) is 2.46. The van der Waals surface area contributed by atoms with E-state index >= 15 is 0 Å². The maximum atomic E-state index is 13.2. The van der Waals surface area contributed by atoms with E-state index in [0.29, 0.717) is 18.3 Å². The highest BCUT2D eigenvalue weighted by Crippen LogP contribution is 2.15. The van der Waals surface area contributed by atoms with Crippen LogP contribution in [0.1, 0.15) is 23.2 Å².